The molecule has 1 aromatic carbocycles. The number of hydrogen-bond acceptors (Lipinski definition) is 3. The van der Waals surface area contributed by atoms with E-state index in [0.717, 1.165) is 12.2 Å². The van der Waals surface area contributed by atoms with E-state index in [1.54, 1.807) is 6.92 Å². The summed E-state index contributed by atoms with van der Waals surface area (Å²) in [5, 5.41) is 0. The van der Waals surface area contributed by atoms with Crippen LogP contribution in [-0.4, -0.2) is 18.7 Å². The molecule has 0 bridgehead atoms. The van der Waals surface area contributed by atoms with Crippen LogP contribution in [0.3, 0.4) is 0 Å². The van der Waals surface area contributed by atoms with E-state index in [0.29, 0.717) is 13.0 Å². The first-order valence-electron chi connectivity index (χ1n) is 7.32. The highest BCUT2D eigenvalue weighted by Gasteiger charge is 2.21. The lowest BCUT2D eigenvalue weighted by molar-refractivity contribution is -0.151. The zero-order valence-corrected chi connectivity index (χ0v) is 13.2. The molecule has 3 nitrogen and oxygen atoms in total. The zero-order chi connectivity index (χ0) is 15.2. The Balaban J connectivity index is 2.86. The molecule has 20 heavy (non-hydrogen) atoms. The van der Waals surface area contributed by atoms with Gasteiger partial charge in [-0.2, -0.15) is 0 Å². The quantitative estimate of drug-likeness (QED) is 0.735. The maximum absolute atomic E-state index is 11.9. The van der Waals surface area contributed by atoms with Crippen LogP contribution >= 0.6 is 0 Å². The number of carbonyl (C=O) groups excluding carboxylic acids is 1. The van der Waals surface area contributed by atoms with Crippen LogP contribution in [0.5, 0.6) is 5.75 Å². The molecule has 0 aromatic heterocycles. The highest BCUT2D eigenvalue weighted by Crippen LogP contribution is 2.26. The third kappa shape index (κ3) is 4.87. The number of hydrogen-bond donors (Lipinski definition) is 0. The minimum atomic E-state index is -0.518. The van der Waals surface area contributed by atoms with Crippen molar-refractivity contribution in [3.05, 3.63) is 29.8 Å². The smallest absolute Gasteiger partial charge is 0.347 e. The molecular formula is C17H26O3. The van der Waals surface area contributed by atoms with Gasteiger partial charge < -0.3 is 9.47 Å². The molecule has 1 rings (SSSR count). The van der Waals surface area contributed by atoms with Crippen LogP contribution < -0.4 is 4.74 Å². The molecule has 3 heteroatoms. The van der Waals surface area contributed by atoms with Gasteiger partial charge in [0, 0.05) is 0 Å². The SMILES string of the molecule is CCCC(Oc1cccc(C(C)(C)C)c1)C(=O)OCC. The van der Waals surface area contributed by atoms with Crippen molar-refractivity contribution in [2.24, 2.45) is 0 Å². The van der Waals surface area contributed by atoms with Gasteiger partial charge in [0.15, 0.2) is 6.10 Å². The van der Waals surface area contributed by atoms with Gasteiger partial charge in [0.05, 0.1) is 6.61 Å². The maximum Gasteiger partial charge on any atom is 0.347 e. The molecule has 1 atom stereocenters. The average molecular weight is 278 g/mol. The fraction of sp³-hybridized carbons (Fsp3) is 0.588. The van der Waals surface area contributed by atoms with E-state index in [1.165, 1.54) is 5.56 Å². The molecule has 0 aliphatic heterocycles. The van der Waals surface area contributed by atoms with Crippen LogP contribution in [0, 0.1) is 0 Å². The Morgan fingerprint density at radius 3 is 2.50 bits per heavy atom. The summed E-state index contributed by atoms with van der Waals surface area (Å²) >= 11 is 0. The van der Waals surface area contributed by atoms with Crippen molar-refractivity contribution >= 4 is 5.97 Å². The van der Waals surface area contributed by atoms with E-state index < -0.39 is 6.10 Å². The fourth-order valence-corrected chi connectivity index (χ4v) is 1.92. The van der Waals surface area contributed by atoms with Gasteiger partial charge in [0.1, 0.15) is 5.75 Å². The maximum atomic E-state index is 11.9. The number of esters is 1. The molecule has 0 heterocycles. The second kappa shape index (κ2) is 7.32. The second-order valence-corrected chi connectivity index (χ2v) is 5.93. The molecule has 0 spiro atoms. The lowest BCUT2D eigenvalue weighted by Crippen LogP contribution is -2.29. The van der Waals surface area contributed by atoms with Crippen LogP contribution in [0.4, 0.5) is 0 Å². The number of rotatable bonds is 6. The minimum absolute atomic E-state index is 0.0591. The summed E-state index contributed by atoms with van der Waals surface area (Å²) in [5.41, 5.74) is 1.25. The molecule has 0 amide bonds. The van der Waals surface area contributed by atoms with Crippen molar-refractivity contribution in [2.75, 3.05) is 6.61 Å². The van der Waals surface area contributed by atoms with Crippen LogP contribution in [-0.2, 0) is 14.9 Å². The summed E-state index contributed by atoms with van der Waals surface area (Å²) in [6, 6.07) is 7.93. The number of carbonyl (C=O) groups is 1. The van der Waals surface area contributed by atoms with Crippen molar-refractivity contribution < 1.29 is 14.3 Å². The van der Waals surface area contributed by atoms with Gasteiger partial charge in [-0.3, -0.25) is 0 Å². The predicted molar refractivity (Wildman–Crippen MR) is 81.1 cm³/mol. The summed E-state index contributed by atoms with van der Waals surface area (Å²) in [6.45, 7) is 10.7. The van der Waals surface area contributed by atoms with E-state index >= 15 is 0 Å². The van der Waals surface area contributed by atoms with E-state index in [4.69, 9.17) is 9.47 Å². The lowest BCUT2D eigenvalue weighted by Gasteiger charge is -2.21. The summed E-state index contributed by atoms with van der Waals surface area (Å²) in [7, 11) is 0. The molecule has 0 saturated carbocycles. The molecule has 0 radical (unpaired) electrons. The van der Waals surface area contributed by atoms with Gasteiger partial charge in [0.2, 0.25) is 0 Å². The van der Waals surface area contributed by atoms with Gasteiger partial charge in [0.25, 0.3) is 0 Å². The predicted octanol–water partition coefficient (Wildman–Crippen LogP) is 4.09. The van der Waals surface area contributed by atoms with E-state index in [1.807, 2.05) is 25.1 Å². The Morgan fingerprint density at radius 1 is 1.25 bits per heavy atom. The first-order chi connectivity index (χ1) is 9.38. The molecule has 0 N–H and O–H groups in total. The monoisotopic (exact) mass is 278 g/mol. The molecule has 0 fully saturated rings. The van der Waals surface area contributed by atoms with Gasteiger partial charge in [-0.1, -0.05) is 46.2 Å². The molecular weight excluding hydrogens is 252 g/mol. The van der Waals surface area contributed by atoms with E-state index in [9.17, 15) is 4.79 Å². The van der Waals surface area contributed by atoms with Crippen LogP contribution in [0.1, 0.15) is 53.0 Å². The third-order valence-electron chi connectivity index (χ3n) is 3.08. The van der Waals surface area contributed by atoms with Crippen molar-refractivity contribution in [3.63, 3.8) is 0 Å². The third-order valence-corrected chi connectivity index (χ3v) is 3.08. The highest BCUT2D eigenvalue weighted by molar-refractivity contribution is 5.75. The molecule has 0 aliphatic rings. The van der Waals surface area contributed by atoms with Gasteiger partial charge in [-0.05, 0) is 36.5 Å². The summed E-state index contributed by atoms with van der Waals surface area (Å²) < 4.78 is 10.9. The zero-order valence-electron chi connectivity index (χ0n) is 13.2. The Morgan fingerprint density at radius 2 is 1.95 bits per heavy atom. The Bertz CT molecular complexity index is 432. The topological polar surface area (TPSA) is 35.5 Å². The lowest BCUT2D eigenvalue weighted by atomic mass is 9.87. The summed E-state index contributed by atoms with van der Waals surface area (Å²) in [4.78, 5) is 11.9. The average Bonchev–Trinajstić information content (AvgIpc) is 2.38. The van der Waals surface area contributed by atoms with E-state index in [-0.39, 0.29) is 11.4 Å². The van der Waals surface area contributed by atoms with Crippen molar-refractivity contribution in [2.45, 2.75) is 59.0 Å². The van der Waals surface area contributed by atoms with E-state index in [2.05, 4.69) is 26.8 Å². The summed E-state index contributed by atoms with van der Waals surface area (Å²) in [5.74, 6) is 0.444. The molecule has 0 aliphatic carbocycles. The number of benzene rings is 1. The minimum Gasteiger partial charge on any atom is -0.479 e. The standard InChI is InChI=1S/C17H26O3/c1-6-9-15(16(18)19-7-2)20-14-11-8-10-13(12-14)17(3,4)5/h8,10-12,15H,6-7,9H2,1-5H3. The second-order valence-electron chi connectivity index (χ2n) is 5.93. The Labute approximate surface area is 122 Å². The van der Waals surface area contributed by atoms with Gasteiger partial charge in [-0.25, -0.2) is 4.79 Å². The number of ether oxygens (including phenoxy) is 2. The first kappa shape index (κ1) is 16.5. The van der Waals surface area contributed by atoms with Crippen molar-refractivity contribution in [1.29, 1.82) is 0 Å². The van der Waals surface area contributed by atoms with Crippen LogP contribution in [0.25, 0.3) is 0 Å². The molecule has 1 aromatic rings. The normalized spacial score (nSPS) is 12.8. The van der Waals surface area contributed by atoms with Gasteiger partial charge in [-0.15, -0.1) is 0 Å². The molecule has 0 saturated heterocycles. The first-order valence-corrected chi connectivity index (χ1v) is 7.32. The summed E-state index contributed by atoms with van der Waals surface area (Å²) in [6.07, 6.45) is 1.02. The van der Waals surface area contributed by atoms with Crippen molar-refractivity contribution in [3.8, 4) is 5.75 Å². The van der Waals surface area contributed by atoms with Gasteiger partial charge >= 0.3 is 5.97 Å². The molecule has 112 valence electrons. The molecule has 1 unspecified atom stereocenters. The van der Waals surface area contributed by atoms with Crippen LogP contribution in [0.15, 0.2) is 24.3 Å². The largest absolute Gasteiger partial charge is 0.479 e. The highest BCUT2D eigenvalue weighted by atomic mass is 16.6. The Hall–Kier alpha value is -1.51. The van der Waals surface area contributed by atoms with Crippen LogP contribution in [0.2, 0.25) is 0 Å². The fourth-order valence-electron chi connectivity index (χ4n) is 1.92. The Kier molecular flexibility index (Phi) is 6.05. The van der Waals surface area contributed by atoms with Crippen molar-refractivity contribution in [1.82, 2.24) is 0 Å².